The summed E-state index contributed by atoms with van der Waals surface area (Å²) < 4.78 is 4.94. The summed E-state index contributed by atoms with van der Waals surface area (Å²) in [5, 5.41) is 17.3. The zero-order chi connectivity index (χ0) is 18.2. The van der Waals surface area contributed by atoms with Crippen molar-refractivity contribution in [2.24, 2.45) is 0 Å². The SMILES string of the molecule is Oc1ccccc1.Oc1ccccc1.c1ccc(-c2nc3c([nH]2)O3)cc1. The summed E-state index contributed by atoms with van der Waals surface area (Å²) in [6, 6.07) is 27.4. The first-order valence-corrected chi connectivity index (χ1v) is 8.03. The fourth-order valence-corrected chi connectivity index (χ4v) is 2.05. The van der Waals surface area contributed by atoms with E-state index in [4.69, 9.17) is 14.9 Å². The Morgan fingerprint density at radius 3 is 1.46 bits per heavy atom. The number of para-hydroxylation sites is 2. The van der Waals surface area contributed by atoms with E-state index in [1.54, 1.807) is 48.5 Å². The summed E-state index contributed by atoms with van der Waals surface area (Å²) in [6.45, 7) is 0. The van der Waals surface area contributed by atoms with Crippen molar-refractivity contribution >= 4 is 0 Å². The molecule has 4 aromatic rings. The molecule has 5 nitrogen and oxygen atoms in total. The highest BCUT2D eigenvalue weighted by molar-refractivity contribution is 5.61. The molecule has 0 fully saturated rings. The number of phenols is 2. The molecule has 5 heteroatoms. The lowest BCUT2D eigenvalue weighted by atomic mass is 10.2. The van der Waals surface area contributed by atoms with Gasteiger partial charge in [0, 0.05) is 5.56 Å². The van der Waals surface area contributed by atoms with E-state index in [-0.39, 0.29) is 0 Å². The molecule has 5 rings (SSSR count). The van der Waals surface area contributed by atoms with Crippen LogP contribution in [0.4, 0.5) is 0 Å². The molecular formula is C21H18N2O3. The number of fused-ring (bicyclic) bond motifs is 1. The van der Waals surface area contributed by atoms with Gasteiger partial charge < -0.3 is 19.9 Å². The molecule has 0 radical (unpaired) electrons. The Hall–Kier alpha value is -3.73. The van der Waals surface area contributed by atoms with Crippen molar-refractivity contribution in [3.8, 4) is 34.6 Å². The Kier molecular flexibility index (Phi) is 5.52. The van der Waals surface area contributed by atoms with Crippen LogP contribution in [0.1, 0.15) is 0 Å². The van der Waals surface area contributed by atoms with Gasteiger partial charge in [0.15, 0.2) is 0 Å². The topological polar surface area (TPSA) is 81.7 Å². The standard InChI is InChI=1S/C9H6N2O.2C6H6O/c1-2-4-6(5-3-1)7-10-8-9(11-7)12-8;2*7-6-4-2-1-3-5-6/h1-5H,(H,10,11);2*1-5,7H. The molecular weight excluding hydrogens is 328 g/mol. The van der Waals surface area contributed by atoms with Crippen LogP contribution in [0, 0.1) is 0 Å². The van der Waals surface area contributed by atoms with Crippen molar-refractivity contribution in [2.75, 3.05) is 0 Å². The minimum absolute atomic E-state index is 0.322. The lowest BCUT2D eigenvalue weighted by Gasteiger charge is -1.94. The molecule has 0 amide bonds. The van der Waals surface area contributed by atoms with Crippen molar-refractivity contribution in [2.45, 2.75) is 0 Å². The van der Waals surface area contributed by atoms with Gasteiger partial charge in [-0.25, -0.2) is 0 Å². The number of hydrogen-bond donors (Lipinski definition) is 3. The number of ether oxygens (including phenoxy) is 1. The second-order valence-corrected chi connectivity index (χ2v) is 5.36. The largest absolute Gasteiger partial charge is 0.508 e. The van der Waals surface area contributed by atoms with Gasteiger partial charge in [0.25, 0.3) is 11.8 Å². The maximum atomic E-state index is 8.63. The Bertz CT molecular complexity index is 866. The van der Waals surface area contributed by atoms with E-state index in [0.29, 0.717) is 11.5 Å². The van der Waals surface area contributed by atoms with E-state index in [2.05, 4.69) is 9.97 Å². The first-order chi connectivity index (χ1) is 12.7. The fraction of sp³-hybridized carbons (Fsp3) is 0. The summed E-state index contributed by atoms with van der Waals surface area (Å²) in [7, 11) is 0. The first kappa shape index (κ1) is 17.1. The van der Waals surface area contributed by atoms with Crippen molar-refractivity contribution in [1.29, 1.82) is 0 Å². The minimum atomic E-state index is 0.322. The zero-order valence-corrected chi connectivity index (χ0v) is 13.9. The summed E-state index contributed by atoms with van der Waals surface area (Å²) in [5.41, 5.74) is 1.09. The van der Waals surface area contributed by atoms with E-state index < -0.39 is 0 Å². The van der Waals surface area contributed by atoms with Crippen LogP contribution in [0.5, 0.6) is 23.3 Å². The Morgan fingerprint density at radius 2 is 1.12 bits per heavy atom. The van der Waals surface area contributed by atoms with Gasteiger partial charge in [-0.05, 0) is 24.3 Å². The average molecular weight is 346 g/mol. The smallest absolute Gasteiger partial charge is 0.285 e. The second-order valence-electron chi connectivity index (χ2n) is 5.36. The third kappa shape index (κ3) is 5.14. The Morgan fingerprint density at radius 1 is 0.654 bits per heavy atom. The lowest BCUT2D eigenvalue weighted by molar-refractivity contribution is 0.475. The average Bonchev–Trinajstić information content (AvgIpc) is 3.30. The molecule has 3 N–H and O–H groups in total. The number of imidazole rings is 1. The molecule has 0 bridgehead atoms. The maximum Gasteiger partial charge on any atom is 0.285 e. The highest BCUT2D eigenvalue weighted by Gasteiger charge is 2.26. The van der Waals surface area contributed by atoms with Crippen molar-refractivity contribution in [3.63, 3.8) is 0 Å². The summed E-state index contributed by atoms with van der Waals surface area (Å²) >= 11 is 0. The van der Waals surface area contributed by atoms with Crippen LogP contribution in [-0.4, -0.2) is 20.2 Å². The number of H-pyrrole nitrogens is 1. The zero-order valence-electron chi connectivity index (χ0n) is 13.9. The quantitative estimate of drug-likeness (QED) is 0.374. The first-order valence-electron chi connectivity index (χ1n) is 8.03. The number of aromatic nitrogens is 2. The monoisotopic (exact) mass is 346 g/mol. The number of hydrogen-bond acceptors (Lipinski definition) is 4. The maximum absolute atomic E-state index is 8.63. The highest BCUT2D eigenvalue weighted by atomic mass is 16.6. The van der Waals surface area contributed by atoms with Crippen molar-refractivity contribution in [3.05, 3.63) is 91.0 Å². The number of benzene rings is 3. The van der Waals surface area contributed by atoms with Crippen LogP contribution in [0.3, 0.4) is 0 Å². The Labute approximate surface area is 151 Å². The molecule has 0 saturated carbocycles. The fourth-order valence-electron chi connectivity index (χ4n) is 2.05. The lowest BCUT2D eigenvalue weighted by Crippen LogP contribution is -1.81. The van der Waals surface area contributed by atoms with Crippen LogP contribution < -0.4 is 4.74 Å². The summed E-state index contributed by atoms with van der Waals surface area (Å²) in [5.74, 6) is 3.06. The van der Waals surface area contributed by atoms with Gasteiger partial charge in [0.1, 0.15) is 17.3 Å². The van der Waals surface area contributed by atoms with E-state index >= 15 is 0 Å². The summed E-state index contributed by atoms with van der Waals surface area (Å²) in [4.78, 5) is 7.25. The number of phenolic OH excluding ortho intramolecular Hbond substituents is 2. The van der Waals surface area contributed by atoms with Gasteiger partial charge >= 0.3 is 0 Å². The predicted molar refractivity (Wildman–Crippen MR) is 100 cm³/mol. The number of aromatic amines is 1. The molecule has 1 aliphatic heterocycles. The molecule has 130 valence electrons. The van der Waals surface area contributed by atoms with Gasteiger partial charge in [-0.15, -0.1) is 0 Å². The molecule has 0 spiro atoms. The van der Waals surface area contributed by atoms with Gasteiger partial charge in [-0.3, -0.25) is 0 Å². The highest BCUT2D eigenvalue weighted by Crippen LogP contribution is 2.43. The molecule has 0 saturated heterocycles. The van der Waals surface area contributed by atoms with E-state index in [9.17, 15) is 0 Å². The molecule has 0 unspecified atom stereocenters. The number of nitrogens with one attached hydrogen (secondary N) is 1. The van der Waals surface area contributed by atoms with Crippen molar-refractivity contribution < 1.29 is 14.9 Å². The van der Waals surface area contributed by atoms with Crippen molar-refractivity contribution in [1.82, 2.24) is 9.97 Å². The van der Waals surface area contributed by atoms with Crippen LogP contribution >= 0.6 is 0 Å². The number of nitrogens with zero attached hydrogens (tertiary/aromatic N) is 1. The van der Waals surface area contributed by atoms with Gasteiger partial charge in [-0.1, -0.05) is 66.7 Å². The van der Waals surface area contributed by atoms with E-state index in [1.165, 1.54) is 0 Å². The van der Waals surface area contributed by atoms with Crippen LogP contribution in [0.15, 0.2) is 91.0 Å². The molecule has 2 heterocycles. The second kappa shape index (κ2) is 8.39. The van der Waals surface area contributed by atoms with Crippen LogP contribution in [0.25, 0.3) is 11.4 Å². The molecule has 1 aliphatic rings. The van der Waals surface area contributed by atoms with Gasteiger partial charge in [0.2, 0.25) is 0 Å². The van der Waals surface area contributed by atoms with E-state index in [0.717, 1.165) is 23.1 Å². The summed E-state index contributed by atoms with van der Waals surface area (Å²) in [6.07, 6.45) is 0. The third-order valence-electron chi connectivity index (χ3n) is 3.36. The predicted octanol–water partition coefficient (Wildman–Crippen LogP) is 4.97. The molecule has 1 aromatic heterocycles. The van der Waals surface area contributed by atoms with Gasteiger partial charge in [-0.2, -0.15) is 4.98 Å². The van der Waals surface area contributed by atoms with E-state index in [1.807, 2.05) is 42.5 Å². The molecule has 3 aromatic carbocycles. The number of aromatic hydroxyl groups is 2. The van der Waals surface area contributed by atoms with Gasteiger partial charge in [0.05, 0.1) is 0 Å². The molecule has 0 atom stereocenters. The molecule has 0 aliphatic carbocycles. The van der Waals surface area contributed by atoms with Crippen LogP contribution in [-0.2, 0) is 0 Å². The van der Waals surface area contributed by atoms with Crippen LogP contribution in [0.2, 0.25) is 0 Å². The third-order valence-corrected chi connectivity index (χ3v) is 3.36. The minimum Gasteiger partial charge on any atom is -0.508 e. The number of rotatable bonds is 1. The Balaban J connectivity index is 0.000000122. The normalized spacial score (nSPS) is 10.2. The molecule has 26 heavy (non-hydrogen) atoms.